The summed E-state index contributed by atoms with van der Waals surface area (Å²) in [4.78, 5) is 11.8. The summed E-state index contributed by atoms with van der Waals surface area (Å²) in [5.74, 6) is -0.737. The molecule has 18 heavy (non-hydrogen) atoms. The van der Waals surface area contributed by atoms with E-state index in [1.165, 1.54) is 12.3 Å². The van der Waals surface area contributed by atoms with Crippen molar-refractivity contribution >= 4 is 27.5 Å². The summed E-state index contributed by atoms with van der Waals surface area (Å²) < 4.78 is 30.8. The van der Waals surface area contributed by atoms with Gasteiger partial charge in [-0.3, -0.25) is 4.79 Å². The van der Waals surface area contributed by atoms with E-state index in [-0.39, 0.29) is 10.8 Å². The van der Waals surface area contributed by atoms with Gasteiger partial charge in [-0.2, -0.15) is 0 Å². The highest BCUT2D eigenvalue weighted by molar-refractivity contribution is 7.90. The van der Waals surface area contributed by atoms with Gasteiger partial charge in [0.15, 0.2) is 0 Å². The van der Waals surface area contributed by atoms with Gasteiger partial charge in [0, 0.05) is 0 Å². The smallest absolute Gasteiger partial charge is 0.269 e. The van der Waals surface area contributed by atoms with Crippen LogP contribution in [-0.2, 0) is 10.0 Å². The van der Waals surface area contributed by atoms with Crippen LogP contribution in [0.25, 0.3) is 0 Å². The monoisotopic (exact) mass is 291 g/mol. The Morgan fingerprint density at radius 1 is 1.33 bits per heavy atom. The topological polar surface area (TPSA) is 76.4 Å². The van der Waals surface area contributed by atoms with E-state index in [0.29, 0.717) is 12.8 Å². The minimum atomic E-state index is -3.63. The molecule has 1 heterocycles. The van der Waals surface area contributed by atoms with Crippen LogP contribution in [-0.4, -0.2) is 19.6 Å². The van der Waals surface area contributed by atoms with E-state index in [0.717, 1.165) is 19.3 Å². The standard InChI is InChI=1S/C11H14ClNO4S/c12-10-9(6-7-17-10)11(14)13-18(15,16)8-4-2-1-3-5-8/h6-8H,1-5H2,(H,13,14). The van der Waals surface area contributed by atoms with Gasteiger partial charge in [-0.05, 0) is 30.5 Å². The molecule has 1 amide bonds. The zero-order chi connectivity index (χ0) is 13.2. The highest BCUT2D eigenvalue weighted by Crippen LogP contribution is 2.24. The third-order valence-corrected chi connectivity index (χ3v) is 5.20. The molecule has 5 nitrogen and oxygen atoms in total. The fraction of sp³-hybridized carbons (Fsp3) is 0.545. The van der Waals surface area contributed by atoms with Crippen molar-refractivity contribution in [2.75, 3.05) is 0 Å². The van der Waals surface area contributed by atoms with Crippen LogP contribution in [0.2, 0.25) is 5.22 Å². The molecule has 0 atom stereocenters. The van der Waals surface area contributed by atoms with E-state index >= 15 is 0 Å². The number of rotatable bonds is 3. The van der Waals surface area contributed by atoms with E-state index in [2.05, 4.69) is 4.72 Å². The molecule has 1 aromatic heterocycles. The molecule has 100 valence electrons. The molecule has 0 aliphatic heterocycles. The summed E-state index contributed by atoms with van der Waals surface area (Å²) in [5, 5.41) is -0.591. The molecule has 0 radical (unpaired) electrons. The van der Waals surface area contributed by atoms with Gasteiger partial charge in [-0.1, -0.05) is 19.3 Å². The van der Waals surface area contributed by atoms with Crippen LogP contribution in [0.1, 0.15) is 42.5 Å². The van der Waals surface area contributed by atoms with E-state index in [4.69, 9.17) is 16.0 Å². The van der Waals surface area contributed by atoms with Crippen LogP contribution in [0.3, 0.4) is 0 Å². The highest BCUT2D eigenvalue weighted by Gasteiger charge is 2.29. The van der Waals surface area contributed by atoms with Crippen molar-refractivity contribution in [1.29, 1.82) is 0 Å². The Bertz CT molecular complexity index is 531. The van der Waals surface area contributed by atoms with Crippen LogP contribution in [0, 0.1) is 0 Å². The Morgan fingerprint density at radius 3 is 2.56 bits per heavy atom. The highest BCUT2D eigenvalue weighted by atomic mass is 35.5. The lowest BCUT2D eigenvalue weighted by Gasteiger charge is -2.21. The number of furan rings is 1. The zero-order valence-electron chi connectivity index (χ0n) is 9.69. The van der Waals surface area contributed by atoms with Crippen molar-refractivity contribution in [3.05, 3.63) is 23.1 Å². The van der Waals surface area contributed by atoms with Gasteiger partial charge < -0.3 is 4.42 Å². The van der Waals surface area contributed by atoms with Crippen molar-refractivity contribution in [1.82, 2.24) is 4.72 Å². The van der Waals surface area contributed by atoms with Gasteiger partial charge in [-0.25, -0.2) is 13.1 Å². The first kappa shape index (κ1) is 13.4. The first-order valence-electron chi connectivity index (χ1n) is 5.79. The van der Waals surface area contributed by atoms with Gasteiger partial charge in [0.25, 0.3) is 5.91 Å². The maximum Gasteiger partial charge on any atom is 0.269 e. The van der Waals surface area contributed by atoms with Gasteiger partial charge in [0.05, 0.1) is 17.1 Å². The van der Waals surface area contributed by atoms with Gasteiger partial charge in [0.2, 0.25) is 15.2 Å². The molecule has 0 saturated heterocycles. The molecule has 0 unspecified atom stereocenters. The lowest BCUT2D eigenvalue weighted by molar-refractivity contribution is 0.0980. The summed E-state index contributed by atoms with van der Waals surface area (Å²) in [6, 6.07) is 1.34. The lowest BCUT2D eigenvalue weighted by atomic mass is 10.0. The minimum absolute atomic E-state index is 0.0380. The Labute approximate surface area is 111 Å². The van der Waals surface area contributed by atoms with Gasteiger partial charge in [0.1, 0.15) is 0 Å². The lowest BCUT2D eigenvalue weighted by Crippen LogP contribution is -2.39. The van der Waals surface area contributed by atoms with Crippen LogP contribution < -0.4 is 4.72 Å². The molecule has 1 aliphatic carbocycles. The molecule has 1 fully saturated rings. The number of hydrogen-bond acceptors (Lipinski definition) is 4. The number of amides is 1. The summed E-state index contributed by atoms with van der Waals surface area (Å²) in [6.45, 7) is 0. The fourth-order valence-corrected chi connectivity index (χ4v) is 3.79. The second-order valence-corrected chi connectivity index (χ2v) is 6.65. The first-order chi connectivity index (χ1) is 8.50. The van der Waals surface area contributed by atoms with Crippen molar-refractivity contribution in [3.8, 4) is 0 Å². The molecule has 7 heteroatoms. The predicted octanol–water partition coefficient (Wildman–Crippen LogP) is 2.33. The second kappa shape index (κ2) is 5.32. The summed E-state index contributed by atoms with van der Waals surface area (Å²) in [7, 11) is -3.63. The average Bonchev–Trinajstić information content (AvgIpc) is 2.76. The predicted molar refractivity (Wildman–Crippen MR) is 67.0 cm³/mol. The van der Waals surface area contributed by atoms with Crippen LogP contribution in [0.5, 0.6) is 0 Å². The number of carbonyl (C=O) groups excluding carboxylic acids is 1. The van der Waals surface area contributed by atoms with Crippen molar-refractivity contribution in [3.63, 3.8) is 0 Å². The molecule has 2 rings (SSSR count). The third-order valence-electron chi connectivity index (χ3n) is 3.09. The third kappa shape index (κ3) is 2.87. The minimum Gasteiger partial charge on any atom is -0.452 e. The molecule has 1 aromatic rings. The van der Waals surface area contributed by atoms with Gasteiger partial charge >= 0.3 is 0 Å². The quantitative estimate of drug-likeness (QED) is 0.927. The van der Waals surface area contributed by atoms with E-state index in [9.17, 15) is 13.2 Å². The normalized spacial score (nSPS) is 17.6. The zero-order valence-corrected chi connectivity index (χ0v) is 11.3. The molecular formula is C11H14ClNO4S. The van der Waals surface area contributed by atoms with E-state index < -0.39 is 21.2 Å². The van der Waals surface area contributed by atoms with Crippen molar-refractivity contribution in [2.45, 2.75) is 37.4 Å². The molecule has 1 aliphatic rings. The number of hydrogen-bond donors (Lipinski definition) is 1. The number of nitrogens with one attached hydrogen (secondary N) is 1. The summed E-state index contributed by atoms with van der Waals surface area (Å²) in [5.41, 5.74) is 0.0380. The van der Waals surface area contributed by atoms with E-state index in [1.54, 1.807) is 0 Å². The van der Waals surface area contributed by atoms with Crippen LogP contribution in [0.15, 0.2) is 16.7 Å². The molecule has 0 bridgehead atoms. The average molecular weight is 292 g/mol. The number of carbonyl (C=O) groups is 1. The Morgan fingerprint density at radius 2 is 2.00 bits per heavy atom. The van der Waals surface area contributed by atoms with Crippen molar-refractivity contribution < 1.29 is 17.6 Å². The van der Waals surface area contributed by atoms with Crippen LogP contribution >= 0.6 is 11.6 Å². The SMILES string of the molecule is O=C(NS(=O)(=O)C1CCCCC1)c1ccoc1Cl. The molecule has 1 N–H and O–H groups in total. The molecule has 1 saturated carbocycles. The maximum absolute atomic E-state index is 12.0. The largest absolute Gasteiger partial charge is 0.452 e. The maximum atomic E-state index is 12.0. The van der Waals surface area contributed by atoms with Gasteiger partial charge in [-0.15, -0.1) is 0 Å². The fourth-order valence-electron chi connectivity index (χ4n) is 2.10. The Hall–Kier alpha value is -1.01. The second-order valence-electron chi connectivity index (χ2n) is 4.34. The summed E-state index contributed by atoms with van der Waals surface area (Å²) >= 11 is 5.63. The van der Waals surface area contributed by atoms with E-state index in [1.807, 2.05) is 0 Å². The summed E-state index contributed by atoms with van der Waals surface area (Å²) in [6.07, 6.45) is 5.25. The Balaban J connectivity index is 2.08. The first-order valence-corrected chi connectivity index (χ1v) is 7.72. The molecular weight excluding hydrogens is 278 g/mol. The molecule has 0 aromatic carbocycles. The number of sulfonamides is 1. The van der Waals surface area contributed by atoms with Crippen LogP contribution in [0.4, 0.5) is 0 Å². The molecule has 0 spiro atoms. The number of halogens is 1. The Kier molecular flexibility index (Phi) is 3.97. The van der Waals surface area contributed by atoms with Crippen molar-refractivity contribution in [2.24, 2.45) is 0 Å².